The Morgan fingerprint density at radius 3 is 2.38 bits per heavy atom. The van der Waals surface area contributed by atoms with Crippen LogP contribution in [0.4, 0.5) is 0 Å². The summed E-state index contributed by atoms with van der Waals surface area (Å²) in [7, 11) is 0. The molecule has 5 heteroatoms. The average molecular weight is 354 g/mol. The summed E-state index contributed by atoms with van der Waals surface area (Å²) in [6.45, 7) is 5.18. The van der Waals surface area contributed by atoms with Gasteiger partial charge in [-0.05, 0) is 62.2 Å². The summed E-state index contributed by atoms with van der Waals surface area (Å²) >= 11 is 0. The molecule has 138 valence electrons. The second-order valence-corrected chi connectivity index (χ2v) is 7.16. The molecule has 0 aromatic heterocycles. The van der Waals surface area contributed by atoms with Crippen LogP contribution < -0.4 is 5.32 Å². The normalized spacial score (nSPS) is 18.4. The van der Waals surface area contributed by atoms with Crippen molar-refractivity contribution in [3.63, 3.8) is 0 Å². The highest BCUT2D eigenvalue weighted by Crippen LogP contribution is 2.22. The summed E-state index contributed by atoms with van der Waals surface area (Å²) in [4.78, 5) is 25.8. The molecule has 1 fully saturated rings. The largest absolute Gasteiger partial charge is 0.481 e. The zero-order valence-corrected chi connectivity index (χ0v) is 15.3. The summed E-state index contributed by atoms with van der Waals surface area (Å²) in [5.41, 5.74) is 1.08. The predicted molar refractivity (Wildman–Crippen MR) is 102 cm³/mol. The number of carboxylic acid groups (broad SMARTS) is 1. The molecule has 1 aliphatic rings. The van der Waals surface area contributed by atoms with Crippen molar-refractivity contribution in [1.82, 2.24) is 10.2 Å². The summed E-state index contributed by atoms with van der Waals surface area (Å²) in [6, 6.07) is 14.1. The Morgan fingerprint density at radius 1 is 1.08 bits per heavy atom. The van der Waals surface area contributed by atoms with Gasteiger partial charge in [0, 0.05) is 0 Å². The van der Waals surface area contributed by atoms with Crippen molar-refractivity contribution < 1.29 is 14.7 Å². The van der Waals surface area contributed by atoms with Gasteiger partial charge < -0.3 is 10.4 Å². The lowest BCUT2D eigenvalue weighted by Gasteiger charge is -2.34. The molecule has 5 nitrogen and oxygen atoms in total. The Kier molecular flexibility index (Phi) is 5.57. The Bertz CT molecular complexity index is 797. The summed E-state index contributed by atoms with van der Waals surface area (Å²) in [5, 5.41) is 14.5. The number of fused-ring (bicyclic) bond motifs is 1. The van der Waals surface area contributed by atoms with Crippen molar-refractivity contribution >= 4 is 22.6 Å². The van der Waals surface area contributed by atoms with Gasteiger partial charge in [0.15, 0.2) is 0 Å². The van der Waals surface area contributed by atoms with Crippen molar-refractivity contribution in [2.24, 2.45) is 5.92 Å². The van der Waals surface area contributed by atoms with E-state index in [1.165, 1.54) is 5.39 Å². The van der Waals surface area contributed by atoms with Crippen molar-refractivity contribution in [1.29, 1.82) is 0 Å². The standard InChI is InChI=1S/C21H26N2O3/c1-14(18-8-7-16-5-3-4-6-19(16)13-18)22-20(24)15(2)23-11-9-17(10-12-23)21(25)26/h3-8,13-15,17H,9-12H2,1-2H3,(H,22,24)(H,25,26). The van der Waals surface area contributed by atoms with Crippen molar-refractivity contribution in [3.05, 3.63) is 48.0 Å². The third-order valence-corrected chi connectivity index (χ3v) is 5.44. The molecular weight excluding hydrogens is 328 g/mol. The number of likely N-dealkylation sites (tertiary alicyclic amines) is 1. The molecule has 3 rings (SSSR count). The SMILES string of the molecule is CC(NC(=O)C(C)N1CCC(C(=O)O)CC1)c1ccc2ccccc2c1. The lowest BCUT2D eigenvalue weighted by Crippen LogP contribution is -2.49. The van der Waals surface area contributed by atoms with Crippen LogP contribution in [0.5, 0.6) is 0 Å². The molecule has 2 N–H and O–H groups in total. The number of piperidine rings is 1. The van der Waals surface area contributed by atoms with Gasteiger partial charge in [-0.2, -0.15) is 0 Å². The van der Waals surface area contributed by atoms with Crippen LogP contribution in [0.3, 0.4) is 0 Å². The van der Waals surface area contributed by atoms with Crippen LogP contribution in [0.25, 0.3) is 10.8 Å². The molecule has 2 aromatic carbocycles. The maximum Gasteiger partial charge on any atom is 0.306 e. The number of hydrogen-bond acceptors (Lipinski definition) is 3. The van der Waals surface area contributed by atoms with E-state index in [-0.39, 0.29) is 23.9 Å². The van der Waals surface area contributed by atoms with E-state index in [1.54, 1.807) is 0 Å². The number of benzene rings is 2. The highest BCUT2D eigenvalue weighted by Gasteiger charge is 2.29. The maximum atomic E-state index is 12.6. The van der Waals surface area contributed by atoms with E-state index in [1.807, 2.05) is 26.0 Å². The lowest BCUT2D eigenvalue weighted by molar-refractivity contribution is -0.143. The topological polar surface area (TPSA) is 69.6 Å². The highest BCUT2D eigenvalue weighted by molar-refractivity contribution is 5.84. The quantitative estimate of drug-likeness (QED) is 0.865. The number of carboxylic acids is 1. The van der Waals surface area contributed by atoms with Crippen LogP contribution in [0.2, 0.25) is 0 Å². The molecule has 2 atom stereocenters. The summed E-state index contributed by atoms with van der Waals surface area (Å²) < 4.78 is 0. The lowest BCUT2D eigenvalue weighted by atomic mass is 9.96. The van der Waals surface area contributed by atoms with E-state index in [9.17, 15) is 9.59 Å². The number of carbonyl (C=O) groups is 2. The van der Waals surface area contributed by atoms with E-state index in [0.717, 1.165) is 10.9 Å². The van der Waals surface area contributed by atoms with Gasteiger partial charge in [0.1, 0.15) is 0 Å². The van der Waals surface area contributed by atoms with Crippen LogP contribution in [-0.4, -0.2) is 41.0 Å². The number of rotatable bonds is 5. The fourth-order valence-electron chi connectivity index (χ4n) is 3.59. The van der Waals surface area contributed by atoms with Gasteiger partial charge in [0.2, 0.25) is 5.91 Å². The van der Waals surface area contributed by atoms with Gasteiger partial charge in [0.25, 0.3) is 0 Å². The van der Waals surface area contributed by atoms with Crippen LogP contribution in [0.1, 0.15) is 38.3 Å². The highest BCUT2D eigenvalue weighted by atomic mass is 16.4. The number of carbonyl (C=O) groups excluding carboxylic acids is 1. The molecule has 0 bridgehead atoms. The van der Waals surface area contributed by atoms with Crippen molar-refractivity contribution in [2.45, 2.75) is 38.8 Å². The molecule has 1 aliphatic heterocycles. The third kappa shape index (κ3) is 4.05. The second-order valence-electron chi connectivity index (χ2n) is 7.16. The van der Waals surface area contributed by atoms with Crippen molar-refractivity contribution in [2.75, 3.05) is 13.1 Å². The zero-order chi connectivity index (χ0) is 18.7. The van der Waals surface area contributed by atoms with Gasteiger partial charge in [0.05, 0.1) is 18.0 Å². The first-order chi connectivity index (χ1) is 12.5. The molecule has 0 saturated carbocycles. The Balaban J connectivity index is 1.60. The van der Waals surface area contributed by atoms with Crippen LogP contribution in [0, 0.1) is 5.92 Å². The summed E-state index contributed by atoms with van der Waals surface area (Å²) in [6.07, 6.45) is 1.21. The van der Waals surface area contributed by atoms with E-state index < -0.39 is 5.97 Å². The molecule has 26 heavy (non-hydrogen) atoms. The molecule has 1 amide bonds. The number of nitrogens with zero attached hydrogens (tertiary/aromatic N) is 1. The minimum atomic E-state index is -0.730. The number of amides is 1. The minimum absolute atomic E-state index is 0.0144. The average Bonchev–Trinajstić information content (AvgIpc) is 2.67. The molecule has 0 spiro atoms. The smallest absolute Gasteiger partial charge is 0.306 e. The Morgan fingerprint density at radius 2 is 1.73 bits per heavy atom. The first kappa shape index (κ1) is 18.4. The number of hydrogen-bond donors (Lipinski definition) is 2. The predicted octanol–water partition coefficient (Wildman–Crippen LogP) is 3.20. The van der Waals surface area contributed by atoms with E-state index >= 15 is 0 Å². The fourth-order valence-corrected chi connectivity index (χ4v) is 3.59. The van der Waals surface area contributed by atoms with Crippen LogP contribution in [0.15, 0.2) is 42.5 Å². The first-order valence-electron chi connectivity index (χ1n) is 9.21. The molecule has 1 saturated heterocycles. The van der Waals surface area contributed by atoms with Gasteiger partial charge >= 0.3 is 5.97 Å². The summed E-state index contributed by atoms with van der Waals surface area (Å²) in [5.74, 6) is -1.02. The first-order valence-corrected chi connectivity index (χ1v) is 9.21. The third-order valence-electron chi connectivity index (χ3n) is 5.44. The van der Waals surface area contributed by atoms with E-state index in [0.29, 0.717) is 25.9 Å². The fraction of sp³-hybridized carbons (Fsp3) is 0.429. The van der Waals surface area contributed by atoms with Crippen LogP contribution in [-0.2, 0) is 9.59 Å². The molecule has 2 aromatic rings. The maximum absolute atomic E-state index is 12.6. The van der Waals surface area contributed by atoms with E-state index in [2.05, 4.69) is 40.5 Å². The second kappa shape index (κ2) is 7.87. The number of aliphatic carboxylic acids is 1. The Hall–Kier alpha value is -2.40. The van der Waals surface area contributed by atoms with E-state index in [4.69, 9.17) is 5.11 Å². The molecule has 1 heterocycles. The molecule has 0 radical (unpaired) electrons. The van der Waals surface area contributed by atoms with Gasteiger partial charge in [-0.25, -0.2) is 0 Å². The van der Waals surface area contributed by atoms with Gasteiger partial charge in [-0.3, -0.25) is 14.5 Å². The zero-order valence-electron chi connectivity index (χ0n) is 15.3. The molecular formula is C21H26N2O3. The minimum Gasteiger partial charge on any atom is -0.481 e. The molecule has 2 unspecified atom stereocenters. The van der Waals surface area contributed by atoms with Gasteiger partial charge in [-0.1, -0.05) is 36.4 Å². The number of nitrogens with one attached hydrogen (secondary N) is 1. The monoisotopic (exact) mass is 354 g/mol. The van der Waals surface area contributed by atoms with Crippen molar-refractivity contribution in [3.8, 4) is 0 Å². The van der Waals surface area contributed by atoms with Gasteiger partial charge in [-0.15, -0.1) is 0 Å². The van der Waals surface area contributed by atoms with Crippen LogP contribution >= 0.6 is 0 Å². The Labute approximate surface area is 154 Å². The molecule has 0 aliphatic carbocycles.